The van der Waals surface area contributed by atoms with Gasteiger partial charge in [-0.1, -0.05) is 109 Å². The standard InChI is InChI=1S/C36H36N2O5/c1-25-18-20-28(21-19-25)31-32(34(39)42-23-26-12-6-3-7-13-26)30(38-37-29-16-10-5-11-17-29)22-36(2,41)33(31)35(40)43-24-27-14-8-4-9-15-27/h3-21,31-33,37,41H,22-24H2,1-2H3/b38-30-/t31-,32-,33-,36+/m0/s1. The molecule has 4 atom stereocenters. The van der Waals surface area contributed by atoms with Crippen LogP contribution in [0.2, 0.25) is 0 Å². The zero-order chi connectivity index (χ0) is 30.2. The van der Waals surface area contributed by atoms with Crippen molar-refractivity contribution in [1.29, 1.82) is 0 Å². The van der Waals surface area contributed by atoms with Crippen molar-refractivity contribution in [2.24, 2.45) is 16.9 Å². The molecule has 0 aromatic heterocycles. The van der Waals surface area contributed by atoms with Gasteiger partial charge in [0.05, 0.1) is 22.9 Å². The minimum atomic E-state index is -1.57. The van der Waals surface area contributed by atoms with E-state index in [1.54, 1.807) is 6.92 Å². The molecular weight excluding hydrogens is 540 g/mol. The number of benzene rings is 4. The highest BCUT2D eigenvalue weighted by molar-refractivity contribution is 6.06. The third-order valence-corrected chi connectivity index (χ3v) is 7.81. The van der Waals surface area contributed by atoms with Gasteiger partial charge in [0.2, 0.25) is 0 Å². The SMILES string of the molecule is Cc1ccc([C@@H]2[C@@H](C(=O)OCc3ccccc3)[C@](C)(O)C/C(=N/Nc3ccccc3)[C@@H]2C(=O)OCc2ccccc2)cc1. The third-order valence-electron chi connectivity index (χ3n) is 7.81. The Kier molecular flexibility index (Phi) is 9.32. The average Bonchev–Trinajstić information content (AvgIpc) is 3.02. The number of nitrogens with one attached hydrogen (secondary N) is 1. The number of aryl methyl sites for hydroxylation is 1. The lowest BCUT2D eigenvalue weighted by atomic mass is 9.61. The Labute approximate surface area is 252 Å². The van der Waals surface area contributed by atoms with Gasteiger partial charge < -0.3 is 14.6 Å². The van der Waals surface area contributed by atoms with E-state index in [1.807, 2.05) is 122 Å². The van der Waals surface area contributed by atoms with E-state index in [0.29, 0.717) is 11.3 Å². The van der Waals surface area contributed by atoms with Gasteiger partial charge in [0, 0.05) is 12.3 Å². The molecule has 43 heavy (non-hydrogen) atoms. The summed E-state index contributed by atoms with van der Waals surface area (Å²) in [4.78, 5) is 27.9. The van der Waals surface area contributed by atoms with E-state index >= 15 is 0 Å². The largest absolute Gasteiger partial charge is 0.461 e. The maximum atomic E-state index is 14.0. The van der Waals surface area contributed by atoms with E-state index in [1.165, 1.54) is 0 Å². The molecule has 0 bridgehead atoms. The molecule has 0 spiro atoms. The zero-order valence-electron chi connectivity index (χ0n) is 24.4. The Balaban J connectivity index is 1.54. The van der Waals surface area contributed by atoms with Crippen molar-refractivity contribution < 1.29 is 24.2 Å². The van der Waals surface area contributed by atoms with Crippen LogP contribution in [0.5, 0.6) is 0 Å². The number of esters is 2. The van der Waals surface area contributed by atoms with Crippen LogP contribution in [0.25, 0.3) is 0 Å². The van der Waals surface area contributed by atoms with Crippen LogP contribution in [0, 0.1) is 18.8 Å². The summed E-state index contributed by atoms with van der Waals surface area (Å²) in [6, 6.07) is 35.8. The van der Waals surface area contributed by atoms with Crippen molar-refractivity contribution >= 4 is 23.3 Å². The first-order chi connectivity index (χ1) is 20.8. The van der Waals surface area contributed by atoms with E-state index in [9.17, 15) is 14.7 Å². The van der Waals surface area contributed by atoms with Gasteiger partial charge in [0.1, 0.15) is 19.1 Å². The van der Waals surface area contributed by atoms with Crippen LogP contribution in [0.1, 0.15) is 41.5 Å². The van der Waals surface area contributed by atoms with Crippen molar-refractivity contribution in [2.45, 2.75) is 45.0 Å². The molecule has 0 heterocycles. The zero-order valence-corrected chi connectivity index (χ0v) is 24.4. The van der Waals surface area contributed by atoms with Crippen LogP contribution >= 0.6 is 0 Å². The number of hydrogen-bond acceptors (Lipinski definition) is 7. The lowest BCUT2D eigenvalue weighted by Gasteiger charge is -2.45. The van der Waals surface area contributed by atoms with Gasteiger partial charge in [0.15, 0.2) is 0 Å². The van der Waals surface area contributed by atoms with Crippen LogP contribution in [0.4, 0.5) is 5.69 Å². The molecule has 1 aliphatic rings. The topological polar surface area (TPSA) is 97.2 Å². The number of aliphatic hydroxyl groups is 1. The fourth-order valence-corrected chi connectivity index (χ4v) is 5.62. The molecule has 220 valence electrons. The number of carbonyl (C=O) groups is 2. The van der Waals surface area contributed by atoms with E-state index < -0.39 is 35.3 Å². The van der Waals surface area contributed by atoms with Crippen molar-refractivity contribution in [3.8, 4) is 0 Å². The molecule has 7 heteroatoms. The van der Waals surface area contributed by atoms with Crippen LogP contribution in [0.15, 0.2) is 120 Å². The maximum absolute atomic E-state index is 14.0. The summed E-state index contributed by atoms with van der Waals surface area (Å²) in [6.45, 7) is 3.68. The Morgan fingerprint density at radius 3 is 1.86 bits per heavy atom. The van der Waals surface area contributed by atoms with E-state index in [4.69, 9.17) is 9.47 Å². The highest BCUT2D eigenvalue weighted by Crippen LogP contribution is 2.47. The number of ether oxygens (including phenoxy) is 2. The van der Waals surface area contributed by atoms with Gasteiger partial charge in [0.25, 0.3) is 0 Å². The van der Waals surface area contributed by atoms with E-state index in [-0.39, 0.29) is 19.6 Å². The van der Waals surface area contributed by atoms with Crippen LogP contribution in [-0.4, -0.2) is 28.4 Å². The maximum Gasteiger partial charge on any atom is 0.315 e. The first-order valence-corrected chi connectivity index (χ1v) is 14.4. The lowest BCUT2D eigenvalue weighted by molar-refractivity contribution is -0.165. The van der Waals surface area contributed by atoms with Crippen molar-refractivity contribution in [1.82, 2.24) is 0 Å². The molecule has 0 radical (unpaired) electrons. The highest BCUT2D eigenvalue weighted by Gasteiger charge is 2.56. The molecule has 0 unspecified atom stereocenters. The molecule has 4 aromatic carbocycles. The summed E-state index contributed by atoms with van der Waals surface area (Å²) in [5, 5.41) is 16.5. The fraction of sp³-hybridized carbons (Fsp3) is 0.250. The predicted molar refractivity (Wildman–Crippen MR) is 166 cm³/mol. The average molecular weight is 577 g/mol. The molecule has 1 fully saturated rings. The Bertz CT molecular complexity index is 1540. The van der Waals surface area contributed by atoms with Gasteiger partial charge in [-0.05, 0) is 42.7 Å². The first kappa shape index (κ1) is 29.7. The number of rotatable bonds is 9. The monoisotopic (exact) mass is 576 g/mol. The molecule has 2 N–H and O–H groups in total. The summed E-state index contributed by atoms with van der Waals surface area (Å²) in [5.74, 6) is -3.94. The molecular formula is C36H36N2O5. The van der Waals surface area contributed by atoms with Gasteiger partial charge in [-0.2, -0.15) is 5.10 Å². The normalized spacial score (nSPS) is 22.5. The summed E-state index contributed by atoms with van der Waals surface area (Å²) in [5.41, 5.74) is 5.98. The summed E-state index contributed by atoms with van der Waals surface area (Å²) >= 11 is 0. The van der Waals surface area contributed by atoms with Crippen LogP contribution in [0.3, 0.4) is 0 Å². The minimum Gasteiger partial charge on any atom is -0.461 e. The molecule has 0 aliphatic heterocycles. The number of para-hydroxylation sites is 1. The number of hydrazone groups is 1. The Morgan fingerprint density at radius 2 is 1.30 bits per heavy atom. The lowest BCUT2D eigenvalue weighted by Crippen LogP contribution is -2.55. The van der Waals surface area contributed by atoms with Gasteiger partial charge in [-0.15, -0.1) is 0 Å². The molecule has 7 nitrogen and oxygen atoms in total. The summed E-state index contributed by atoms with van der Waals surface area (Å²) in [6.07, 6.45) is -0.0363. The third kappa shape index (κ3) is 7.37. The molecule has 5 rings (SSSR count). The predicted octanol–water partition coefficient (Wildman–Crippen LogP) is 6.42. The van der Waals surface area contributed by atoms with E-state index in [0.717, 1.165) is 22.4 Å². The number of carbonyl (C=O) groups excluding carboxylic acids is 2. The van der Waals surface area contributed by atoms with Gasteiger partial charge in [-0.25, -0.2) is 0 Å². The van der Waals surface area contributed by atoms with Crippen molar-refractivity contribution in [3.05, 3.63) is 138 Å². The number of hydrogen-bond donors (Lipinski definition) is 2. The Morgan fingerprint density at radius 1 is 0.791 bits per heavy atom. The molecule has 0 amide bonds. The smallest absolute Gasteiger partial charge is 0.315 e. The first-order valence-electron chi connectivity index (χ1n) is 14.4. The second kappa shape index (κ2) is 13.5. The molecule has 4 aromatic rings. The van der Waals surface area contributed by atoms with Crippen LogP contribution in [-0.2, 0) is 32.3 Å². The second-order valence-corrected chi connectivity index (χ2v) is 11.2. The highest BCUT2D eigenvalue weighted by atomic mass is 16.5. The number of anilines is 1. The van der Waals surface area contributed by atoms with E-state index in [2.05, 4.69) is 10.5 Å². The van der Waals surface area contributed by atoms with Gasteiger partial charge in [-0.3, -0.25) is 15.0 Å². The van der Waals surface area contributed by atoms with Crippen molar-refractivity contribution in [3.63, 3.8) is 0 Å². The molecule has 0 saturated heterocycles. The number of nitrogens with zero attached hydrogens (tertiary/aromatic N) is 1. The fourth-order valence-electron chi connectivity index (χ4n) is 5.62. The van der Waals surface area contributed by atoms with Crippen LogP contribution < -0.4 is 5.43 Å². The van der Waals surface area contributed by atoms with Gasteiger partial charge >= 0.3 is 11.9 Å². The molecule has 1 aliphatic carbocycles. The minimum absolute atomic E-state index is 0.0363. The molecule has 1 saturated carbocycles. The summed E-state index contributed by atoms with van der Waals surface area (Å²) in [7, 11) is 0. The van der Waals surface area contributed by atoms with Crippen molar-refractivity contribution in [2.75, 3.05) is 5.43 Å². The second-order valence-electron chi connectivity index (χ2n) is 11.2. The Hall–Kier alpha value is -4.75. The summed E-state index contributed by atoms with van der Waals surface area (Å²) < 4.78 is 11.7. The quantitative estimate of drug-likeness (QED) is 0.176.